The SMILES string of the molecule is CCCCCCNC(=O)C1CCCN(c2ncccn2)C1. The molecule has 0 saturated carbocycles. The van der Waals surface area contributed by atoms with E-state index in [1.54, 1.807) is 12.4 Å². The van der Waals surface area contributed by atoms with Crippen LogP contribution in [-0.4, -0.2) is 35.5 Å². The molecule has 0 spiro atoms. The van der Waals surface area contributed by atoms with Crippen LogP contribution in [0.5, 0.6) is 0 Å². The smallest absolute Gasteiger partial charge is 0.225 e. The predicted molar refractivity (Wildman–Crippen MR) is 84.1 cm³/mol. The van der Waals surface area contributed by atoms with Gasteiger partial charge in [-0.25, -0.2) is 9.97 Å². The second-order valence-electron chi connectivity index (χ2n) is 5.69. The maximum Gasteiger partial charge on any atom is 0.225 e. The van der Waals surface area contributed by atoms with Crippen molar-refractivity contribution in [2.45, 2.75) is 45.4 Å². The molecule has 5 heteroatoms. The van der Waals surface area contributed by atoms with Gasteiger partial charge in [0.15, 0.2) is 0 Å². The molecule has 1 aliphatic heterocycles. The largest absolute Gasteiger partial charge is 0.356 e. The van der Waals surface area contributed by atoms with Crippen LogP contribution >= 0.6 is 0 Å². The second-order valence-corrected chi connectivity index (χ2v) is 5.69. The fourth-order valence-electron chi connectivity index (χ4n) is 2.74. The molecule has 1 atom stereocenters. The number of unbranched alkanes of at least 4 members (excludes halogenated alkanes) is 3. The molecule has 0 aromatic carbocycles. The number of aromatic nitrogens is 2. The Kier molecular flexibility index (Phi) is 6.44. The van der Waals surface area contributed by atoms with Gasteiger partial charge in [-0.05, 0) is 25.3 Å². The minimum absolute atomic E-state index is 0.0636. The third-order valence-corrected chi connectivity index (χ3v) is 3.96. The van der Waals surface area contributed by atoms with E-state index in [0.29, 0.717) is 0 Å². The van der Waals surface area contributed by atoms with E-state index in [-0.39, 0.29) is 11.8 Å². The molecule has 0 radical (unpaired) electrons. The third kappa shape index (κ3) is 4.99. The molecule has 21 heavy (non-hydrogen) atoms. The first-order valence-corrected chi connectivity index (χ1v) is 8.11. The van der Waals surface area contributed by atoms with Crippen LogP contribution in [0.15, 0.2) is 18.5 Å². The first kappa shape index (κ1) is 15.7. The Balaban J connectivity index is 1.76. The molecule has 1 aromatic heterocycles. The van der Waals surface area contributed by atoms with E-state index in [0.717, 1.165) is 44.8 Å². The van der Waals surface area contributed by atoms with E-state index in [2.05, 4.69) is 27.1 Å². The van der Waals surface area contributed by atoms with Crippen molar-refractivity contribution in [2.75, 3.05) is 24.5 Å². The van der Waals surface area contributed by atoms with Crippen LogP contribution in [0.4, 0.5) is 5.95 Å². The summed E-state index contributed by atoms with van der Waals surface area (Å²) in [5.41, 5.74) is 0. The lowest BCUT2D eigenvalue weighted by molar-refractivity contribution is -0.125. The van der Waals surface area contributed by atoms with Crippen LogP contribution < -0.4 is 10.2 Å². The normalized spacial score (nSPS) is 18.5. The zero-order valence-electron chi connectivity index (χ0n) is 12.9. The van der Waals surface area contributed by atoms with Gasteiger partial charge in [-0.3, -0.25) is 4.79 Å². The van der Waals surface area contributed by atoms with Gasteiger partial charge in [0.2, 0.25) is 11.9 Å². The monoisotopic (exact) mass is 290 g/mol. The first-order valence-electron chi connectivity index (χ1n) is 8.11. The molecule has 1 N–H and O–H groups in total. The summed E-state index contributed by atoms with van der Waals surface area (Å²) in [5.74, 6) is 0.985. The summed E-state index contributed by atoms with van der Waals surface area (Å²) in [6.07, 6.45) is 10.2. The van der Waals surface area contributed by atoms with Crippen LogP contribution in [0.3, 0.4) is 0 Å². The number of rotatable bonds is 7. The Morgan fingerprint density at radius 2 is 2.14 bits per heavy atom. The summed E-state index contributed by atoms with van der Waals surface area (Å²) in [6, 6.07) is 1.81. The quantitative estimate of drug-likeness (QED) is 0.783. The number of carbonyl (C=O) groups is 1. The lowest BCUT2D eigenvalue weighted by Crippen LogP contribution is -2.43. The first-order chi connectivity index (χ1) is 10.3. The maximum absolute atomic E-state index is 12.2. The van der Waals surface area contributed by atoms with Crippen molar-refractivity contribution in [1.29, 1.82) is 0 Å². The van der Waals surface area contributed by atoms with E-state index < -0.39 is 0 Å². The Bertz CT molecular complexity index is 424. The van der Waals surface area contributed by atoms with E-state index in [9.17, 15) is 4.79 Å². The average Bonchev–Trinajstić information content (AvgIpc) is 2.55. The predicted octanol–water partition coefficient (Wildman–Crippen LogP) is 2.39. The number of hydrogen-bond acceptors (Lipinski definition) is 4. The van der Waals surface area contributed by atoms with Crippen molar-refractivity contribution in [1.82, 2.24) is 15.3 Å². The topological polar surface area (TPSA) is 58.1 Å². The third-order valence-electron chi connectivity index (χ3n) is 3.96. The van der Waals surface area contributed by atoms with Crippen molar-refractivity contribution < 1.29 is 4.79 Å². The number of carbonyl (C=O) groups excluding carboxylic acids is 1. The number of nitrogens with zero attached hydrogens (tertiary/aromatic N) is 3. The molecule has 1 unspecified atom stereocenters. The van der Waals surface area contributed by atoms with Gasteiger partial charge >= 0.3 is 0 Å². The molecule has 5 nitrogen and oxygen atoms in total. The molecule has 1 fully saturated rings. The van der Waals surface area contributed by atoms with Crippen molar-refractivity contribution in [3.63, 3.8) is 0 Å². The fourth-order valence-corrected chi connectivity index (χ4v) is 2.74. The Morgan fingerprint density at radius 3 is 2.90 bits per heavy atom. The van der Waals surface area contributed by atoms with Gasteiger partial charge in [0.25, 0.3) is 0 Å². The van der Waals surface area contributed by atoms with E-state index >= 15 is 0 Å². The lowest BCUT2D eigenvalue weighted by Gasteiger charge is -2.31. The molecule has 1 aromatic rings. The average molecular weight is 290 g/mol. The minimum Gasteiger partial charge on any atom is -0.356 e. The van der Waals surface area contributed by atoms with Crippen molar-refractivity contribution in [2.24, 2.45) is 5.92 Å². The number of anilines is 1. The standard InChI is InChI=1S/C16H26N4O/c1-2-3-4-5-9-17-15(21)14-8-6-12-20(13-14)16-18-10-7-11-19-16/h7,10-11,14H,2-6,8-9,12-13H2,1H3,(H,17,21). The van der Waals surface area contributed by atoms with Gasteiger partial charge in [0.05, 0.1) is 5.92 Å². The molecule has 1 aliphatic rings. The second kappa shape index (κ2) is 8.60. The highest BCUT2D eigenvalue weighted by Gasteiger charge is 2.26. The molecule has 2 rings (SSSR count). The summed E-state index contributed by atoms with van der Waals surface area (Å²) in [7, 11) is 0. The lowest BCUT2D eigenvalue weighted by atomic mass is 9.97. The molecule has 1 saturated heterocycles. The van der Waals surface area contributed by atoms with Gasteiger partial charge < -0.3 is 10.2 Å². The van der Waals surface area contributed by atoms with Crippen LogP contribution in [0, 0.1) is 5.92 Å². The Hall–Kier alpha value is -1.65. The van der Waals surface area contributed by atoms with Crippen molar-refractivity contribution in [3.05, 3.63) is 18.5 Å². The Labute approximate surface area is 127 Å². The minimum atomic E-state index is 0.0636. The van der Waals surface area contributed by atoms with Crippen LogP contribution in [0.1, 0.15) is 45.4 Å². The highest BCUT2D eigenvalue weighted by atomic mass is 16.1. The van der Waals surface area contributed by atoms with Gasteiger partial charge in [0, 0.05) is 32.0 Å². The van der Waals surface area contributed by atoms with Gasteiger partial charge in [-0.15, -0.1) is 0 Å². The molecule has 116 valence electrons. The molecule has 2 heterocycles. The Morgan fingerprint density at radius 1 is 1.33 bits per heavy atom. The molecule has 1 amide bonds. The summed E-state index contributed by atoms with van der Waals surface area (Å²) < 4.78 is 0. The van der Waals surface area contributed by atoms with E-state index in [4.69, 9.17) is 0 Å². The summed E-state index contributed by atoms with van der Waals surface area (Å²) in [5, 5.41) is 3.08. The fraction of sp³-hybridized carbons (Fsp3) is 0.688. The summed E-state index contributed by atoms with van der Waals surface area (Å²) >= 11 is 0. The number of hydrogen-bond donors (Lipinski definition) is 1. The molecule has 0 aliphatic carbocycles. The summed E-state index contributed by atoms with van der Waals surface area (Å²) in [6.45, 7) is 4.66. The van der Waals surface area contributed by atoms with Gasteiger partial charge in [-0.1, -0.05) is 26.2 Å². The summed E-state index contributed by atoms with van der Waals surface area (Å²) in [4.78, 5) is 22.9. The molecule has 0 bridgehead atoms. The van der Waals surface area contributed by atoms with Crippen molar-refractivity contribution in [3.8, 4) is 0 Å². The van der Waals surface area contributed by atoms with Crippen LogP contribution in [-0.2, 0) is 4.79 Å². The number of piperidine rings is 1. The van der Waals surface area contributed by atoms with Crippen LogP contribution in [0.2, 0.25) is 0 Å². The maximum atomic E-state index is 12.2. The highest BCUT2D eigenvalue weighted by molar-refractivity contribution is 5.79. The van der Waals surface area contributed by atoms with Crippen molar-refractivity contribution >= 4 is 11.9 Å². The van der Waals surface area contributed by atoms with Gasteiger partial charge in [0.1, 0.15) is 0 Å². The van der Waals surface area contributed by atoms with E-state index in [1.165, 1.54) is 19.3 Å². The zero-order chi connectivity index (χ0) is 14.9. The highest BCUT2D eigenvalue weighted by Crippen LogP contribution is 2.20. The van der Waals surface area contributed by atoms with Gasteiger partial charge in [-0.2, -0.15) is 0 Å². The number of amides is 1. The molecular weight excluding hydrogens is 264 g/mol. The molecular formula is C16H26N4O. The number of nitrogens with one attached hydrogen (secondary N) is 1. The van der Waals surface area contributed by atoms with E-state index in [1.807, 2.05) is 6.07 Å². The van der Waals surface area contributed by atoms with Crippen LogP contribution in [0.25, 0.3) is 0 Å². The zero-order valence-corrected chi connectivity index (χ0v) is 12.9.